The third-order valence-electron chi connectivity index (χ3n) is 4.11. The van der Waals surface area contributed by atoms with Gasteiger partial charge in [0.1, 0.15) is 5.02 Å². The molecule has 4 rings (SSSR count). The molecule has 0 saturated heterocycles. The van der Waals surface area contributed by atoms with Gasteiger partial charge in [0.25, 0.3) is 5.69 Å². The lowest BCUT2D eigenvalue weighted by atomic mass is 10.1. The largest absolute Gasteiger partial charge is 0.454 e. The summed E-state index contributed by atoms with van der Waals surface area (Å²) in [7, 11) is 0. The number of aromatic nitrogens is 2. The van der Waals surface area contributed by atoms with Crippen LogP contribution in [0.4, 0.5) is 5.69 Å². The number of hydrogen-bond donors (Lipinski definition) is 1. The fourth-order valence-corrected chi connectivity index (χ4v) is 2.95. The molecule has 1 aromatic heterocycles. The number of carbonyl (C=O) groups is 1. The van der Waals surface area contributed by atoms with Crippen molar-refractivity contribution in [1.29, 1.82) is 0 Å². The van der Waals surface area contributed by atoms with Crippen molar-refractivity contribution in [2.75, 3.05) is 6.79 Å². The molecule has 0 fully saturated rings. The normalized spacial score (nSPS) is 12.5. The van der Waals surface area contributed by atoms with Crippen LogP contribution in [0.2, 0.25) is 5.02 Å². The Morgan fingerprint density at radius 3 is 2.79 bits per heavy atom. The standard InChI is InChI=1S/C19H12ClN3O5/c20-14-7-12(1-4-16(14)23(25)26)17(24)5-3-13-9-15(22-21-13)11-2-6-18-19(8-11)28-10-27-18/h1-9H,10H2,(H,21,22). The fraction of sp³-hybridized carbons (Fsp3) is 0.0526. The van der Waals surface area contributed by atoms with Crippen molar-refractivity contribution in [2.24, 2.45) is 0 Å². The molecule has 0 amide bonds. The summed E-state index contributed by atoms with van der Waals surface area (Å²) in [5.74, 6) is 1.01. The molecule has 28 heavy (non-hydrogen) atoms. The minimum Gasteiger partial charge on any atom is -0.454 e. The molecule has 2 heterocycles. The summed E-state index contributed by atoms with van der Waals surface area (Å²) in [6.45, 7) is 0.197. The second kappa shape index (κ2) is 7.16. The van der Waals surface area contributed by atoms with Crippen LogP contribution in [0, 0.1) is 10.1 Å². The summed E-state index contributed by atoms with van der Waals surface area (Å²) < 4.78 is 10.6. The number of hydrogen-bond acceptors (Lipinski definition) is 6. The zero-order valence-corrected chi connectivity index (χ0v) is 15.0. The number of nitro benzene ring substituents is 1. The minimum atomic E-state index is -0.602. The van der Waals surface area contributed by atoms with Crippen LogP contribution >= 0.6 is 11.6 Å². The van der Waals surface area contributed by atoms with Crippen molar-refractivity contribution < 1.29 is 19.2 Å². The van der Waals surface area contributed by atoms with Crippen LogP contribution in [0.1, 0.15) is 16.1 Å². The minimum absolute atomic E-state index is 0.0871. The van der Waals surface area contributed by atoms with Crippen LogP contribution in [-0.4, -0.2) is 27.7 Å². The van der Waals surface area contributed by atoms with Gasteiger partial charge in [-0.25, -0.2) is 0 Å². The number of benzene rings is 2. The van der Waals surface area contributed by atoms with E-state index in [1.807, 2.05) is 18.2 Å². The number of aromatic amines is 1. The van der Waals surface area contributed by atoms with E-state index in [2.05, 4.69) is 10.2 Å². The number of rotatable bonds is 5. The molecule has 0 saturated carbocycles. The van der Waals surface area contributed by atoms with E-state index in [1.165, 1.54) is 24.3 Å². The van der Waals surface area contributed by atoms with Gasteiger partial charge in [-0.2, -0.15) is 5.10 Å². The number of carbonyl (C=O) groups excluding carboxylic acids is 1. The molecule has 9 heteroatoms. The predicted molar refractivity (Wildman–Crippen MR) is 102 cm³/mol. The average Bonchev–Trinajstić information content (AvgIpc) is 3.34. The molecule has 1 N–H and O–H groups in total. The van der Waals surface area contributed by atoms with Crippen LogP contribution in [0.5, 0.6) is 11.5 Å². The van der Waals surface area contributed by atoms with Crippen LogP contribution in [0.3, 0.4) is 0 Å². The van der Waals surface area contributed by atoms with E-state index in [0.29, 0.717) is 22.9 Å². The highest BCUT2D eigenvalue weighted by Gasteiger charge is 2.16. The third kappa shape index (κ3) is 3.45. The van der Waals surface area contributed by atoms with Gasteiger partial charge in [-0.3, -0.25) is 20.0 Å². The predicted octanol–water partition coefficient (Wildman–Crippen LogP) is 4.26. The van der Waals surface area contributed by atoms with Crippen molar-refractivity contribution >= 4 is 29.1 Å². The molecule has 140 valence electrons. The van der Waals surface area contributed by atoms with Crippen LogP contribution in [0.15, 0.2) is 48.5 Å². The number of ether oxygens (including phenoxy) is 2. The molecular weight excluding hydrogens is 386 g/mol. The first-order valence-electron chi connectivity index (χ1n) is 8.13. The van der Waals surface area contributed by atoms with Gasteiger partial charge < -0.3 is 9.47 Å². The Kier molecular flexibility index (Phi) is 4.54. The Hall–Kier alpha value is -3.65. The second-order valence-electron chi connectivity index (χ2n) is 5.90. The molecule has 0 spiro atoms. The number of ketones is 1. The van der Waals surface area contributed by atoms with Gasteiger partial charge >= 0.3 is 0 Å². The number of nitrogens with one attached hydrogen (secondary N) is 1. The van der Waals surface area contributed by atoms with Crippen LogP contribution in [0.25, 0.3) is 17.3 Å². The van der Waals surface area contributed by atoms with E-state index < -0.39 is 4.92 Å². The van der Waals surface area contributed by atoms with Gasteiger partial charge in [0.2, 0.25) is 6.79 Å². The molecule has 1 aliphatic rings. The van der Waals surface area contributed by atoms with Crippen molar-refractivity contribution in [3.63, 3.8) is 0 Å². The van der Waals surface area contributed by atoms with Crippen molar-refractivity contribution in [1.82, 2.24) is 10.2 Å². The number of nitrogens with zero attached hydrogens (tertiary/aromatic N) is 2. The average molecular weight is 398 g/mol. The smallest absolute Gasteiger partial charge is 0.287 e. The summed E-state index contributed by atoms with van der Waals surface area (Å²) in [6, 6.07) is 11.1. The van der Waals surface area contributed by atoms with Crippen LogP contribution < -0.4 is 9.47 Å². The lowest BCUT2D eigenvalue weighted by Crippen LogP contribution is -1.96. The Bertz CT molecular complexity index is 1120. The molecule has 0 unspecified atom stereocenters. The van der Waals surface area contributed by atoms with E-state index in [-0.39, 0.29) is 28.8 Å². The first kappa shape index (κ1) is 17.7. The molecule has 0 aliphatic carbocycles. The quantitative estimate of drug-likeness (QED) is 0.298. The Morgan fingerprint density at radius 2 is 2.00 bits per heavy atom. The maximum Gasteiger partial charge on any atom is 0.287 e. The zero-order valence-electron chi connectivity index (χ0n) is 14.2. The van der Waals surface area contributed by atoms with Crippen molar-refractivity contribution in [3.05, 3.63) is 74.9 Å². The van der Waals surface area contributed by atoms with Crippen molar-refractivity contribution in [3.8, 4) is 22.8 Å². The molecule has 1 aliphatic heterocycles. The molecule has 0 atom stereocenters. The second-order valence-corrected chi connectivity index (χ2v) is 6.30. The van der Waals surface area contributed by atoms with Crippen LogP contribution in [-0.2, 0) is 0 Å². The summed E-state index contributed by atoms with van der Waals surface area (Å²) >= 11 is 5.84. The molecule has 0 radical (unpaired) electrons. The highest BCUT2D eigenvalue weighted by atomic mass is 35.5. The van der Waals surface area contributed by atoms with Gasteiger partial charge in [-0.1, -0.05) is 11.6 Å². The monoisotopic (exact) mass is 397 g/mol. The third-order valence-corrected chi connectivity index (χ3v) is 4.41. The topological polar surface area (TPSA) is 107 Å². The molecule has 2 aromatic carbocycles. The summed E-state index contributed by atoms with van der Waals surface area (Å²) in [5.41, 5.74) is 2.15. The van der Waals surface area contributed by atoms with Gasteiger partial charge in [0, 0.05) is 17.2 Å². The van der Waals surface area contributed by atoms with E-state index in [0.717, 1.165) is 5.56 Å². The van der Waals surface area contributed by atoms with Gasteiger partial charge in [0.05, 0.1) is 16.3 Å². The molecule has 8 nitrogen and oxygen atoms in total. The number of H-pyrrole nitrogens is 1. The Balaban J connectivity index is 1.50. The van der Waals surface area contributed by atoms with E-state index in [4.69, 9.17) is 21.1 Å². The number of allylic oxidation sites excluding steroid dienone is 1. The number of halogens is 1. The fourth-order valence-electron chi connectivity index (χ4n) is 2.70. The highest BCUT2D eigenvalue weighted by molar-refractivity contribution is 6.33. The molecule has 0 bridgehead atoms. The maximum atomic E-state index is 12.3. The Morgan fingerprint density at radius 1 is 1.18 bits per heavy atom. The summed E-state index contributed by atoms with van der Waals surface area (Å²) in [4.78, 5) is 22.5. The first-order chi connectivity index (χ1) is 13.5. The lowest BCUT2D eigenvalue weighted by molar-refractivity contribution is -0.384. The lowest BCUT2D eigenvalue weighted by Gasteiger charge is -1.99. The molecule has 3 aromatic rings. The van der Waals surface area contributed by atoms with Gasteiger partial charge in [-0.05, 0) is 48.6 Å². The van der Waals surface area contributed by atoms with Gasteiger partial charge in [0.15, 0.2) is 17.3 Å². The van der Waals surface area contributed by atoms with E-state index in [9.17, 15) is 14.9 Å². The molecular formula is C19H12ClN3O5. The zero-order chi connectivity index (χ0) is 19.7. The Labute approximate surface area is 163 Å². The maximum absolute atomic E-state index is 12.3. The highest BCUT2D eigenvalue weighted by Crippen LogP contribution is 2.35. The SMILES string of the molecule is O=C(C=Cc1cc(-c2ccc3c(c2)OCO3)n[nH]1)c1ccc([N+](=O)[O-])c(Cl)c1. The van der Waals surface area contributed by atoms with Gasteiger partial charge in [-0.15, -0.1) is 0 Å². The van der Waals surface area contributed by atoms with E-state index in [1.54, 1.807) is 12.1 Å². The van der Waals surface area contributed by atoms with E-state index >= 15 is 0 Å². The summed E-state index contributed by atoms with van der Waals surface area (Å²) in [6.07, 6.45) is 2.91. The number of fused-ring (bicyclic) bond motifs is 1. The summed E-state index contributed by atoms with van der Waals surface area (Å²) in [5, 5.41) is 17.8. The first-order valence-corrected chi connectivity index (χ1v) is 8.51. The number of nitro groups is 1. The van der Waals surface area contributed by atoms with Crippen molar-refractivity contribution in [2.45, 2.75) is 0 Å².